The Kier molecular flexibility index (Phi) is 4.87. The van der Waals surface area contributed by atoms with Crippen LogP contribution in [0.25, 0.3) is 11.3 Å². The van der Waals surface area contributed by atoms with Crippen molar-refractivity contribution in [3.63, 3.8) is 0 Å². The second-order valence-electron chi connectivity index (χ2n) is 4.28. The van der Waals surface area contributed by atoms with Crippen LogP contribution in [0.15, 0.2) is 29.6 Å². The molecule has 0 unspecified atom stereocenters. The molecule has 0 fully saturated rings. The predicted octanol–water partition coefficient (Wildman–Crippen LogP) is 2.21. The first-order valence-electron chi connectivity index (χ1n) is 6.22. The summed E-state index contributed by atoms with van der Waals surface area (Å²) in [4.78, 5) is 4.66. The van der Waals surface area contributed by atoms with Crippen LogP contribution in [-0.4, -0.2) is 24.6 Å². The Hall–Kier alpha value is -1.23. The van der Waals surface area contributed by atoms with E-state index in [-0.39, 0.29) is 0 Å². The first kappa shape index (κ1) is 13.2. The SMILES string of the molecule is Cc1ccc(-c2csc(CCNCCN)n2)cc1. The van der Waals surface area contributed by atoms with Crippen LogP contribution in [0.5, 0.6) is 0 Å². The van der Waals surface area contributed by atoms with Gasteiger partial charge in [0.25, 0.3) is 0 Å². The van der Waals surface area contributed by atoms with Gasteiger partial charge >= 0.3 is 0 Å². The summed E-state index contributed by atoms with van der Waals surface area (Å²) in [7, 11) is 0. The number of nitrogens with zero attached hydrogens (tertiary/aromatic N) is 1. The van der Waals surface area contributed by atoms with Crippen molar-refractivity contribution < 1.29 is 0 Å². The van der Waals surface area contributed by atoms with E-state index in [1.54, 1.807) is 11.3 Å². The normalized spacial score (nSPS) is 10.8. The van der Waals surface area contributed by atoms with Gasteiger partial charge in [0.15, 0.2) is 0 Å². The maximum Gasteiger partial charge on any atom is 0.0945 e. The molecule has 1 aromatic carbocycles. The molecule has 0 amide bonds. The monoisotopic (exact) mass is 261 g/mol. The molecule has 1 aromatic heterocycles. The summed E-state index contributed by atoms with van der Waals surface area (Å²) in [5.41, 5.74) is 8.97. The van der Waals surface area contributed by atoms with Crippen molar-refractivity contribution in [1.82, 2.24) is 10.3 Å². The number of nitrogens with two attached hydrogens (primary N) is 1. The molecule has 18 heavy (non-hydrogen) atoms. The van der Waals surface area contributed by atoms with Crippen LogP contribution < -0.4 is 11.1 Å². The topological polar surface area (TPSA) is 50.9 Å². The van der Waals surface area contributed by atoms with Crippen molar-refractivity contribution in [2.75, 3.05) is 19.6 Å². The first-order valence-corrected chi connectivity index (χ1v) is 7.10. The fourth-order valence-electron chi connectivity index (χ4n) is 1.71. The zero-order valence-corrected chi connectivity index (χ0v) is 11.5. The standard InChI is InChI=1S/C14H19N3S/c1-11-2-4-12(5-3-11)13-10-18-14(17-13)6-8-16-9-7-15/h2-5,10,16H,6-9,15H2,1H3. The zero-order valence-electron chi connectivity index (χ0n) is 10.6. The molecule has 3 N–H and O–H groups in total. The van der Waals surface area contributed by atoms with Crippen molar-refractivity contribution in [1.29, 1.82) is 0 Å². The summed E-state index contributed by atoms with van der Waals surface area (Å²) in [5, 5.41) is 6.59. The molecule has 2 rings (SSSR count). The van der Waals surface area contributed by atoms with E-state index in [9.17, 15) is 0 Å². The third-order valence-electron chi connectivity index (χ3n) is 2.74. The van der Waals surface area contributed by atoms with Gasteiger partial charge in [-0.25, -0.2) is 4.98 Å². The molecule has 0 radical (unpaired) electrons. The van der Waals surface area contributed by atoms with Crippen LogP contribution >= 0.6 is 11.3 Å². The van der Waals surface area contributed by atoms with Gasteiger partial charge in [0.1, 0.15) is 0 Å². The fourth-order valence-corrected chi connectivity index (χ4v) is 2.51. The van der Waals surface area contributed by atoms with E-state index < -0.39 is 0 Å². The molecule has 2 aromatic rings. The van der Waals surface area contributed by atoms with E-state index in [1.807, 2.05) is 0 Å². The van der Waals surface area contributed by atoms with Crippen molar-refractivity contribution in [2.24, 2.45) is 5.73 Å². The maximum atomic E-state index is 5.42. The Morgan fingerprint density at radius 1 is 1.22 bits per heavy atom. The first-order chi connectivity index (χ1) is 8.79. The van der Waals surface area contributed by atoms with Crippen LogP contribution in [-0.2, 0) is 6.42 Å². The molecule has 0 aliphatic rings. The highest BCUT2D eigenvalue weighted by molar-refractivity contribution is 7.09. The summed E-state index contributed by atoms with van der Waals surface area (Å²) in [6.07, 6.45) is 0.969. The number of aryl methyl sites for hydroxylation is 1. The lowest BCUT2D eigenvalue weighted by molar-refractivity contribution is 0.687. The van der Waals surface area contributed by atoms with Crippen LogP contribution in [0.4, 0.5) is 0 Å². The van der Waals surface area contributed by atoms with Gasteiger partial charge in [-0.1, -0.05) is 29.8 Å². The molecule has 0 saturated carbocycles. The van der Waals surface area contributed by atoms with Gasteiger partial charge < -0.3 is 11.1 Å². The van der Waals surface area contributed by atoms with Crippen molar-refractivity contribution >= 4 is 11.3 Å². The Morgan fingerprint density at radius 3 is 2.72 bits per heavy atom. The van der Waals surface area contributed by atoms with Crippen LogP contribution in [0.1, 0.15) is 10.6 Å². The van der Waals surface area contributed by atoms with E-state index in [2.05, 4.69) is 46.9 Å². The number of rotatable bonds is 6. The molecular weight excluding hydrogens is 242 g/mol. The Balaban J connectivity index is 1.95. The Morgan fingerprint density at radius 2 is 2.00 bits per heavy atom. The van der Waals surface area contributed by atoms with Crippen LogP contribution in [0.2, 0.25) is 0 Å². The van der Waals surface area contributed by atoms with Gasteiger partial charge in [-0.3, -0.25) is 0 Å². The van der Waals surface area contributed by atoms with Crippen molar-refractivity contribution in [2.45, 2.75) is 13.3 Å². The van der Waals surface area contributed by atoms with Gasteiger partial charge in [0.2, 0.25) is 0 Å². The number of nitrogens with one attached hydrogen (secondary N) is 1. The largest absolute Gasteiger partial charge is 0.329 e. The maximum absolute atomic E-state index is 5.42. The lowest BCUT2D eigenvalue weighted by Crippen LogP contribution is -2.24. The molecule has 1 heterocycles. The highest BCUT2D eigenvalue weighted by atomic mass is 32.1. The number of hydrogen-bond donors (Lipinski definition) is 2. The molecule has 0 atom stereocenters. The summed E-state index contributed by atoms with van der Waals surface area (Å²) in [6, 6.07) is 8.50. The average Bonchev–Trinajstić information content (AvgIpc) is 2.84. The van der Waals surface area contributed by atoms with Gasteiger partial charge in [-0.2, -0.15) is 0 Å². The highest BCUT2D eigenvalue weighted by Crippen LogP contribution is 2.22. The molecule has 96 valence electrons. The quantitative estimate of drug-likeness (QED) is 0.784. The van der Waals surface area contributed by atoms with E-state index >= 15 is 0 Å². The van der Waals surface area contributed by atoms with E-state index in [4.69, 9.17) is 5.73 Å². The second-order valence-corrected chi connectivity index (χ2v) is 5.22. The number of aromatic nitrogens is 1. The second kappa shape index (κ2) is 6.64. The minimum absolute atomic E-state index is 0.687. The van der Waals surface area contributed by atoms with E-state index in [0.717, 1.165) is 25.2 Å². The molecular formula is C14H19N3S. The third kappa shape index (κ3) is 3.63. The van der Waals surface area contributed by atoms with Gasteiger partial charge in [-0.15, -0.1) is 11.3 Å². The lowest BCUT2D eigenvalue weighted by Gasteiger charge is -2.00. The Labute approximate surface area is 112 Å². The molecule has 0 aliphatic carbocycles. The van der Waals surface area contributed by atoms with Crippen molar-refractivity contribution in [3.05, 3.63) is 40.2 Å². The van der Waals surface area contributed by atoms with Crippen LogP contribution in [0.3, 0.4) is 0 Å². The zero-order chi connectivity index (χ0) is 12.8. The number of hydrogen-bond acceptors (Lipinski definition) is 4. The summed E-state index contributed by atoms with van der Waals surface area (Å²) in [5.74, 6) is 0. The number of benzene rings is 1. The third-order valence-corrected chi connectivity index (χ3v) is 3.64. The number of thiazole rings is 1. The Bertz CT molecular complexity index is 476. The van der Waals surface area contributed by atoms with Gasteiger partial charge in [0, 0.05) is 37.0 Å². The van der Waals surface area contributed by atoms with E-state index in [0.29, 0.717) is 6.54 Å². The average molecular weight is 261 g/mol. The fraction of sp³-hybridized carbons (Fsp3) is 0.357. The summed E-state index contributed by atoms with van der Waals surface area (Å²) >= 11 is 1.72. The summed E-state index contributed by atoms with van der Waals surface area (Å²) < 4.78 is 0. The molecule has 0 aliphatic heterocycles. The van der Waals surface area contributed by atoms with Gasteiger partial charge in [-0.05, 0) is 6.92 Å². The molecule has 0 spiro atoms. The molecule has 3 nitrogen and oxygen atoms in total. The van der Waals surface area contributed by atoms with Gasteiger partial charge in [0.05, 0.1) is 10.7 Å². The smallest absolute Gasteiger partial charge is 0.0945 e. The highest BCUT2D eigenvalue weighted by Gasteiger charge is 2.03. The minimum atomic E-state index is 0.687. The molecule has 0 saturated heterocycles. The van der Waals surface area contributed by atoms with E-state index in [1.165, 1.54) is 16.1 Å². The lowest BCUT2D eigenvalue weighted by atomic mass is 10.1. The molecule has 4 heteroatoms. The molecule has 0 bridgehead atoms. The summed E-state index contributed by atoms with van der Waals surface area (Å²) in [6.45, 7) is 4.60. The van der Waals surface area contributed by atoms with Crippen LogP contribution in [0, 0.1) is 6.92 Å². The minimum Gasteiger partial charge on any atom is -0.329 e. The van der Waals surface area contributed by atoms with Crippen molar-refractivity contribution in [3.8, 4) is 11.3 Å². The predicted molar refractivity (Wildman–Crippen MR) is 77.9 cm³/mol.